The van der Waals surface area contributed by atoms with E-state index < -0.39 is 0 Å². The molecule has 0 radical (unpaired) electrons. The zero-order chi connectivity index (χ0) is 11.3. The van der Waals surface area contributed by atoms with Crippen molar-refractivity contribution in [2.24, 2.45) is 5.73 Å². The molecule has 1 atom stereocenters. The summed E-state index contributed by atoms with van der Waals surface area (Å²) in [6, 6.07) is 3.91. The van der Waals surface area contributed by atoms with Gasteiger partial charge in [-0.2, -0.15) is 0 Å². The Hall–Kier alpha value is -1.29. The van der Waals surface area contributed by atoms with E-state index in [0.29, 0.717) is 6.61 Å². The predicted octanol–water partition coefficient (Wildman–Crippen LogP) is 1.26. The number of nitrogens with two attached hydrogens (primary N) is 1. The molecule has 84 valence electrons. The van der Waals surface area contributed by atoms with Crippen LogP contribution < -0.4 is 15.4 Å². The number of nitrogens with zero attached hydrogens (tertiary/aromatic N) is 2. The van der Waals surface area contributed by atoms with Gasteiger partial charge < -0.3 is 15.4 Å². The van der Waals surface area contributed by atoms with Crippen molar-refractivity contribution in [2.45, 2.75) is 19.9 Å². The van der Waals surface area contributed by atoms with Crippen molar-refractivity contribution in [3.63, 3.8) is 0 Å². The molecule has 0 aliphatic heterocycles. The second-order valence-electron chi connectivity index (χ2n) is 3.62. The van der Waals surface area contributed by atoms with Crippen LogP contribution in [-0.2, 0) is 0 Å². The van der Waals surface area contributed by atoms with Gasteiger partial charge in [0.2, 0.25) is 0 Å². The van der Waals surface area contributed by atoms with Crippen molar-refractivity contribution in [3.05, 3.63) is 18.3 Å². The predicted molar refractivity (Wildman–Crippen MR) is 62.3 cm³/mol. The van der Waals surface area contributed by atoms with Crippen LogP contribution in [-0.4, -0.2) is 31.2 Å². The second-order valence-corrected chi connectivity index (χ2v) is 3.62. The number of aromatic nitrogens is 1. The number of hydrogen-bond donors (Lipinski definition) is 1. The summed E-state index contributed by atoms with van der Waals surface area (Å²) < 4.78 is 5.49. The summed E-state index contributed by atoms with van der Waals surface area (Å²) in [7, 11) is 1.97. The summed E-state index contributed by atoms with van der Waals surface area (Å²) >= 11 is 0. The Labute approximate surface area is 91.1 Å². The standard InChI is InChI=1S/C11H19N3O/c1-4-15-10-6-5-7-13-11(10)14(3)8-9(2)12/h5-7,9H,4,8,12H2,1-3H3. The maximum atomic E-state index is 5.74. The monoisotopic (exact) mass is 209 g/mol. The fourth-order valence-electron chi connectivity index (χ4n) is 1.46. The van der Waals surface area contributed by atoms with E-state index in [2.05, 4.69) is 4.98 Å². The molecule has 0 aromatic carbocycles. The number of rotatable bonds is 5. The van der Waals surface area contributed by atoms with Gasteiger partial charge in [0.15, 0.2) is 11.6 Å². The van der Waals surface area contributed by atoms with E-state index in [0.717, 1.165) is 18.1 Å². The van der Waals surface area contributed by atoms with Crippen LogP contribution >= 0.6 is 0 Å². The van der Waals surface area contributed by atoms with Gasteiger partial charge in [-0.05, 0) is 26.0 Å². The van der Waals surface area contributed by atoms with Crippen molar-refractivity contribution >= 4 is 5.82 Å². The Morgan fingerprint density at radius 2 is 2.33 bits per heavy atom. The fourth-order valence-corrected chi connectivity index (χ4v) is 1.46. The van der Waals surface area contributed by atoms with Crippen LogP contribution in [0.5, 0.6) is 5.75 Å². The smallest absolute Gasteiger partial charge is 0.171 e. The molecule has 4 nitrogen and oxygen atoms in total. The molecule has 15 heavy (non-hydrogen) atoms. The average molecular weight is 209 g/mol. The minimum Gasteiger partial charge on any atom is -0.490 e. The molecular weight excluding hydrogens is 190 g/mol. The third-order valence-corrected chi connectivity index (χ3v) is 1.97. The molecule has 1 aromatic heterocycles. The molecular formula is C11H19N3O. The minimum absolute atomic E-state index is 0.117. The van der Waals surface area contributed by atoms with Crippen LogP contribution in [0.15, 0.2) is 18.3 Å². The summed E-state index contributed by atoms with van der Waals surface area (Å²) in [4.78, 5) is 6.31. The van der Waals surface area contributed by atoms with Crippen molar-refractivity contribution < 1.29 is 4.74 Å². The molecule has 2 N–H and O–H groups in total. The van der Waals surface area contributed by atoms with E-state index in [1.54, 1.807) is 6.20 Å². The molecule has 0 saturated heterocycles. The summed E-state index contributed by atoms with van der Waals surface area (Å²) in [5.74, 6) is 1.65. The van der Waals surface area contributed by atoms with Crippen molar-refractivity contribution in [1.82, 2.24) is 4.98 Å². The molecule has 1 heterocycles. The second kappa shape index (κ2) is 5.56. The van der Waals surface area contributed by atoms with Gasteiger partial charge in [0.05, 0.1) is 6.61 Å². The Bertz CT molecular complexity index is 302. The number of anilines is 1. The number of likely N-dealkylation sites (N-methyl/N-ethyl adjacent to an activating group) is 1. The highest BCUT2D eigenvalue weighted by atomic mass is 16.5. The highest BCUT2D eigenvalue weighted by Gasteiger charge is 2.10. The largest absolute Gasteiger partial charge is 0.490 e. The molecule has 0 saturated carbocycles. The SMILES string of the molecule is CCOc1cccnc1N(C)CC(C)N. The lowest BCUT2D eigenvalue weighted by atomic mass is 10.3. The van der Waals surface area contributed by atoms with Crippen LogP contribution in [0, 0.1) is 0 Å². The highest BCUT2D eigenvalue weighted by Crippen LogP contribution is 2.23. The van der Waals surface area contributed by atoms with E-state index in [4.69, 9.17) is 10.5 Å². The summed E-state index contributed by atoms with van der Waals surface area (Å²) in [5, 5.41) is 0. The third-order valence-electron chi connectivity index (χ3n) is 1.97. The molecule has 1 unspecified atom stereocenters. The summed E-state index contributed by atoms with van der Waals surface area (Å²) in [6.45, 7) is 5.34. The molecule has 0 amide bonds. The van der Waals surface area contributed by atoms with Gasteiger partial charge in [-0.15, -0.1) is 0 Å². The molecule has 1 rings (SSSR count). The van der Waals surface area contributed by atoms with E-state index in [1.165, 1.54) is 0 Å². The van der Waals surface area contributed by atoms with Crippen LogP contribution in [0.3, 0.4) is 0 Å². The normalized spacial score (nSPS) is 12.3. The number of ether oxygens (including phenoxy) is 1. The number of hydrogen-bond acceptors (Lipinski definition) is 4. The Morgan fingerprint density at radius 3 is 2.93 bits per heavy atom. The Morgan fingerprint density at radius 1 is 1.60 bits per heavy atom. The first-order valence-corrected chi connectivity index (χ1v) is 5.19. The van der Waals surface area contributed by atoms with Crippen molar-refractivity contribution in [2.75, 3.05) is 25.1 Å². The molecule has 0 aliphatic rings. The lowest BCUT2D eigenvalue weighted by molar-refractivity contribution is 0.339. The molecule has 0 fully saturated rings. The van der Waals surface area contributed by atoms with Crippen molar-refractivity contribution in [1.29, 1.82) is 0 Å². The van der Waals surface area contributed by atoms with Gasteiger partial charge in [-0.1, -0.05) is 0 Å². The van der Waals surface area contributed by atoms with Gasteiger partial charge in [-0.3, -0.25) is 0 Å². The van der Waals surface area contributed by atoms with Gasteiger partial charge in [0, 0.05) is 25.8 Å². The molecule has 4 heteroatoms. The Kier molecular flexibility index (Phi) is 4.37. The van der Waals surface area contributed by atoms with E-state index in [9.17, 15) is 0 Å². The topological polar surface area (TPSA) is 51.4 Å². The quantitative estimate of drug-likeness (QED) is 0.793. The lowest BCUT2D eigenvalue weighted by Gasteiger charge is -2.22. The summed E-state index contributed by atoms with van der Waals surface area (Å²) in [5.41, 5.74) is 5.74. The van der Waals surface area contributed by atoms with Crippen LogP contribution in [0.2, 0.25) is 0 Å². The first kappa shape index (κ1) is 11.8. The molecule has 0 bridgehead atoms. The number of pyridine rings is 1. The maximum Gasteiger partial charge on any atom is 0.171 e. The third kappa shape index (κ3) is 3.40. The first-order valence-electron chi connectivity index (χ1n) is 5.19. The zero-order valence-electron chi connectivity index (χ0n) is 9.60. The summed E-state index contributed by atoms with van der Waals surface area (Å²) in [6.07, 6.45) is 1.76. The minimum atomic E-state index is 0.117. The Balaban J connectivity index is 2.81. The lowest BCUT2D eigenvalue weighted by Crippen LogP contribution is -2.33. The average Bonchev–Trinajstić information content (AvgIpc) is 2.18. The van der Waals surface area contributed by atoms with E-state index in [1.807, 2.05) is 37.9 Å². The van der Waals surface area contributed by atoms with Gasteiger partial charge in [0.1, 0.15) is 0 Å². The van der Waals surface area contributed by atoms with Gasteiger partial charge in [-0.25, -0.2) is 4.98 Å². The molecule has 1 aromatic rings. The first-order chi connectivity index (χ1) is 7.15. The highest BCUT2D eigenvalue weighted by molar-refractivity contribution is 5.51. The van der Waals surface area contributed by atoms with Crippen LogP contribution in [0.1, 0.15) is 13.8 Å². The maximum absolute atomic E-state index is 5.74. The molecule has 0 aliphatic carbocycles. The van der Waals surface area contributed by atoms with E-state index >= 15 is 0 Å². The zero-order valence-corrected chi connectivity index (χ0v) is 9.60. The van der Waals surface area contributed by atoms with Crippen molar-refractivity contribution in [3.8, 4) is 5.75 Å². The van der Waals surface area contributed by atoms with Gasteiger partial charge >= 0.3 is 0 Å². The van der Waals surface area contributed by atoms with Gasteiger partial charge in [0.25, 0.3) is 0 Å². The molecule has 0 spiro atoms. The van der Waals surface area contributed by atoms with Crippen LogP contribution in [0.25, 0.3) is 0 Å². The van der Waals surface area contributed by atoms with E-state index in [-0.39, 0.29) is 6.04 Å². The van der Waals surface area contributed by atoms with Crippen LogP contribution in [0.4, 0.5) is 5.82 Å². The fraction of sp³-hybridized carbons (Fsp3) is 0.545.